The predicted molar refractivity (Wildman–Crippen MR) is 83.8 cm³/mol. The molecule has 1 atom stereocenters. The summed E-state index contributed by atoms with van der Waals surface area (Å²) in [4.78, 5) is 36.9. The van der Waals surface area contributed by atoms with Crippen molar-refractivity contribution in [3.63, 3.8) is 0 Å². The molecule has 0 radical (unpaired) electrons. The Hall–Kier alpha value is -3.48. The van der Waals surface area contributed by atoms with E-state index in [0.29, 0.717) is 5.69 Å². The number of carbonyl (C=O) groups is 3. The van der Waals surface area contributed by atoms with Crippen molar-refractivity contribution < 1.29 is 28.6 Å². The van der Waals surface area contributed by atoms with Gasteiger partial charge in [-0.2, -0.15) is 0 Å². The Morgan fingerprint density at radius 3 is 2.44 bits per heavy atom. The van der Waals surface area contributed by atoms with Gasteiger partial charge in [0.1, 0.15) is 17.1 Å². The highest BCUT2D eigenvalue weighted by atomic mass is 19.1. The van der Waals surface area contributed by atoms with E-state index in [2.05, 4.69) is 5.32 Å². The third kappa shape index (κ3) is 1.92. The maximum absolute atomic E-state index is 13.1. The van der Waals surface area contributed by atoms with Crippen LogP contribution in [-0.2, 0) is 24.7 Å². The quantitative estimate of drug-likeness (QED) is 0.359. The first kappa shape index (κ1) is 15.1. The van der Waals surface area contributed by atoms with Crippen LogP contribution >= 0.6 is 0 Å². The van der Waals surface area contributed by atoms with E-state index in [-0.39, 0.29) is 11.1 Å². The summed E-state index contributed by atoms with van der Waals surface area (Å²) in [6.07, 6.45) is 0. The molecule has 6 nitrogen and oxygen atoms in total. The molecule has 1 saturated heterocycles. The normalized spacial score (nSPS) is 23.5. The molecule has 1 spiro atoms. The first-order chi connectivity index (χ1) is 11.9. The molecule has 1 unspecified atom stereocenters. The number of Topliss-reactive ketones (excluding diaryl/α,β-unsaturated/α-hetero) is 1. The van der Waals surface area contributed by atoms with Gasteiger partial charge in [0.25, 0.3) is 17.3 Å². The zero-order chi connectivity index (χ0) is 17.8. The third-order valence-corrected chi connectivity index (χ3v) is 4.24. The van der Waals surface area contributed by atoms with Gasteiger partial charge >= 0.3 is 5.97 Å². The zero-order valence-corrected chi connectivity index (χ0v) is 12.6. The molecule has 2 aromatic rings. The number of fused-ring (bicyclic) bond motifs is 2. The SMILES string of the molecule is O=C1OC2(C(=O)Nc3ccccc32)/C(=C(\O)c2ccc(F)cc2)C1=O. The fourth-order valence-corrected chi connectivity index (χ4v) is 3.11. The fraction of sp³-hybridized carbons (Fsp3) is 0.0556. The second kappa shape index (κ2) is 5.01. The summed E-state index contributed by atoms with van der Waals surface area (Å²) in [6.45, 7) is 0. The van der Waals surface area contributed by atoms with Crippen LogP contribution < -0.4 is 5.32 Å². The van der Waals surface area contributed by atoms with E-state index in [9.17, 15) is 23.9 Å². The number of benzene rings is 2. The smallest absolute Gasteiger partial charge is 0.381 e. The second-order valence-corrected chi connectivity index (χ2v) is 5.63. The summed E-state index contributed by atoms with van der Waals surface area (Å²) in [5.74, 6) is -4.26. The lowest BCUT2D eigenvalue weighted by atomic mass is 9.85. The number of ketones is 1. The van der Waals surface area contributed by atoms with Crippen LogP contribution in [0.5, 0.6) is 0 Å². The standard InChI is InChI=1S/C18H10FNO5/c19-10-7-5-9(6-8-10)14(21)13-15(22)16(23)25-18(13)11-3-1-2-4-12(11)20-17(18)24/h1-8,21H,(H,20,24)/b14-13-. The highest BCUT2D eigenvalue weighted by molar-refractivity contribution is 6.47. The number of ether oxygens (including phenoxy) is 1. The van der Waals surface area contributed by atoms with Gasteiger partial charge in [-0.3, -0.25) is 9.59 Å². The molecule has 2 aromatic carbocycles. The monoisotopic (exact) mass is 339 g/mol. The summed E-state index contributed by atoms with van der Waals surface area (Å²) < 4.78 is 18.3. The molecular formula is C18H10FNO5. The maximum Gasteiger partial charge on any atom is 0.381 e. The summed E-state index contributed by atoms with van der Waals surface area (Å²) >= 11 is 0. The molecule has 2 aliphatic heterocycles. The van der Waals surface area contributed by atoms with Crippen molar-refractivity contribution in [1.82, 2.24) is 0 Å². The number of esters is 1. The van der Waals surface area contributed by atoms with Crippen molar-refractivity contribution >= 4 is 29.1 Å². The Bertz CT molecular complexity index is 979. The topological polar surface area (TPSA) is 92.7 Å². The lowest BCUT2D eigenvalue weighted by Crippen LogP contribution is -2.36. The van der Waals surface area contributed by atoms with E-state index in [1.165, 1.54) is 18.2 Å². The molecule has 2 N–H and O–H groups in total. The molecule has 0 aromatic heterocycles. The van der Waals surface area contributed by atoms with Crippen LogP contribution in [0.25, 0.3) is 5.76 Å². The highest BCUT2D eigenvalue weighted by Gasteiger charge is 2.63. The van der Waals surface area contributed by atoms with Crippen LogP contribution in [0.1, 0.15) is 11.1 Å². The van der Waals surface area contributed by atoms with Crippen molar-refractivity contribution in [3.05, 3.63) is 71.0 Å². The zero-order valence-electron chi connectivity index (χ0n) is 12.6. The van der Waals surface area contributed by atoms with E-state index in [1.54, 1.807) is 18.2 Å². The number of aliphatic hydroxyl groups excluding tert-OH is 1. The van der Waals surface area contributed by atoms with Crippen molar-refractivity contribution in [2.75, 3.05) is 5.32 Å². The molecule has 0 bridgehead atoms. The van der Waals surface area contributed by atoms with Crippen molar-refractivity contribution in [1.29, 1.82) is 0 Å². The number of para-hydroxylation sites is 1. The molecular weight excluding hydrogens is 329 g/mol. The molecule has 4 rings (SSSR count). The number of hydrogen-bond donors (Lipinski definition) is 2. The van der Waals surface area contributed by atoms with Crippen molar-refractivity contribution in [2.45, 2.75) is 5.60 Å². The minimum atomic E-state index is -2.05. The molecule has 2 heterocycles. The predicted octanol–water partition coefficient (Wildman–Crippen LogP) is 2.07. The number of nitrogens with one attached hydrogen (secondary N) is 1. The van der Waals surface area contributed by atoms with Gasteiger partial charge in [0.05, 0.1) is 0 Å². The molecule has 25 heavy (non-hydrogen) atoms. The molecule has 1 fully saturated rings. The Labute approximate surface area is 140 Å². The Morgan fingerprint density at radius 2 is 1.72 bits per heavy atom. The van der Waals surface area contributed by atoms with Crippen LogP contribution in [-0.4, -0.2) is 22.8 Å². The second-order valence-electron chi connectivity index (χ2n) is 5.63. The van der Waals surface area contributed by atoms with Crippen LogP contribution in [0.3, 0.4) is 0 Å². The van der Waals surface area contributed by atoms with Crippen molar-refractivity contribution in [2.24, 2.45) is 0 Å². The lowest BCUT2D eigenvalue weighted by Gasteiger charge is -2.21. The average Bonchev–Trinajstić information content (AvgIpc) is 3.03. The fourth-order valence-electron chi connectivity index (χ4n) is 3.11. The van der Waals surface area contributed by atoms with Gasteiger partial charge < -0.3 is 15.2 Å². The molecule has 7 heteroatoms. The van der Waals surface area contributed by atoms with Gasteiger partial charge in [0.15, 0.2) is 0 Å². The summed E-state index contributed by atoms with van der Waals surface area (Å²) in [5, 5.41) is 13.1. The number of hydrogen-bond acceptors (Lipinski definition) is 5. The van der Waals surface area contributed by atoms with Gasteiger partial charge in [-0.25, -0.2) is 9.18 Å². The Morgan fingerprint density at radius 1 is 1.04 bits per heavy atom. The van der Waals surface area contributed by atoms with Gasteiger partial charge in [-0.1, -0.05) is 18.2 Å². The molecule has 1 amide bonds. The number of rotatable bonds is 1. The number of anilines is 1. The highest BCUT2D eigenvalue weighted by Crippen LogP contribution is 2.49. The van der Waals surface area contributed by atoms with Crippen LogP contribution in [0.4, 0.5) is 10.1 Å². The van der Waals surface area contributed by atoms with E-state index >= 15 is 0 Å². The summed E-state index contributed by atoms with van der Waals surface area (Å²) in [6, 6.07) is 11.0. The van der Waals surface area contributed by atoms with E-state index in [4.69, 9.17) is 4.74 Å². The third-order valence-electron chi connectivity index (χ3n) is 4.24. The minimum Gasteiger partial charge on any atom is -0.507 e. The number of amides is 1. The number of halogens is 1. The molecule has 0 saturated carbocycles. The average molecular weight is 339 g/mol. The Balaban J connectivity index is 2.01. The van der Waals surface area contributed by atoms with E-state index in [0.717, 1.165) is 12.1 Å². The van der Waals surface area contributed by atoms with Gasteiger partial charge in [0, 0.05) is 16.8 Å². The maximum atomic E-state index is 13.1. The number of carbonyl (C=O) groups excluding carboxylic acids is 3. The molecule has 124 valence electrons. The van der Waals surface area contributed by atoms with Gasteiger partial charge in [0.2, 0.25) is 0 Å². The number of aliphatic hydroxyl groups is 1. The van der Waals surface area contributed by atoms with Crippen LogP contribution in [0.2, 0.25) is 0 Å². The molecule has 0 aliphatic carbocycles. The van der Waals surface area contributed by atoms with Gasteiger partial charge in [-0.15, -0.1) is 0 Å². The first-order valence-corrected chi connectivity index (χ1v) is 7.33. The summed E-state index contributed by atoms with van der Waals surface area (Å²) in [5.41, 5.74) is -1.82. The minimum absolute atomic E-state index is 0.0830. The van der Waals surface area contributed by atoms with E-state index in [1.807, 2.05) is 0 Å². The van der Waals surface area contributed by atoms with Crippen molar-refractivity contribution in [3.8, 4) is 0 Å². The Kier molecular flexibility index (Phi) is 3.02. The van der Waals surface area contributed by atoms with Crippen LogP contribution in [0, 0.1) is 5.82 Å². The molecule has 2 aliphatic rings. The van der Waals surface area contributed by atoms with E-state index < -0.39 is 40.4 Å². The van der Waals surface area contributed by atoms with Gasteiger partial charge in [-0.05, 0) is 30.3 Å². The first-order valence-electron chi connectivity index (χ1n) is 7.33. The lowest BCUT2D eigenvalue weighted by molar-refractivity contribution is -0.157. The summed E-state index contributed by atoms with van der Waals surface area (Å²) in [7, 11) is 0. The van der Waals surface area contributed by atoms with Crippen LogP contribution in [0.15, 0.2) is 54.1 Å². The largest absolute Gasteiger partial charge is 0.507 e.